The van der Waals surface area contributed by atoms with Gasteiger partial charge in [0.05, 0.1) is 10.7 Å². The summed E-state index contributed by atoms with van der Waals surface area (Å²) in [6.45, 7) is 3.01. The second-order valence-corrected chi connectivity index (χ2v) is 10.1. The molecule has 0 saturated carbocycles. The van der Waals surface area contributed by atoms with Gasteiger partial charge in [0, 0.05) is 28.2 Å². The maximum absolute atomic E-state index is 14.5. The molecule has 1 saturated heterocycles. The zero-order valence-corrected chi connectivity index (χ0v) is 17.6. The van der Waals surface area contributed by atoms with Crippen LogP contribution < -0.4 is 4.72 Å². The molecule has 152 valence electrons. The zero-order chi connectivity index (χ0) is 20.9. The second-order valence-electron chi connectivity index (χ2n) is 6.78. The molecule has 0 unspecified atom stereocenters. The number of amides is 1. The van der Waals surface area contributed by atoms with Crippen LogP contribution in [-0.2, 0) is 10.0 Å². The van der Waals surface area contributed by atoms with Crippen LogP contribution in [0.1, 0.15) is 21.7 Å². The van der Waals surface area contributed by atoms with Crippen LogP contribution in [0.4, 0.5) is 10.1 Å². The van der Waals surface area contributed by atoms with Gasteiger partial charge in [-0.2, -0.15) is 0 Å². The normalized spacial score (nSPS) is 14.1. The molecule has 2 aromatic carbocycles. The van der Waals surface area contributed by atoms with E-state index in [0.29, 0.717) is 23.2 Å². The molecule has 1 aliphatic heterocycles. The highest BCUT2D eigenvalue weighted by atomic mass is 35.5. The highest BCUT2D eigenvalue weighted by molar-refractivity contribution is 7.92. The van der Waals surface area contributed by atoms with Gasteiger partial charge in [0.2, 0.25) is 0 Å². The summed E-state index contributed by atoms with van der Waals surface area (Å²) in [5.74, 6) is -1.83. The smallest absolute Gasteiger partial charge is 0.265 e. The molecule has 0 spiro atoms. The number of hydrogen-bond donors (Lipinski definition) is 2. The predicted octanol–water partition coefficient (Wildman–Crippen LogP) is 4.35. The largest absolute Gasteiger partial charge is 0.505 e. The fraction of sp³-hybridized carbons (Fsp3) is 0.211. The first kappa shape index (κ1) is 19.9. The molecule has 1 aromatic heterocycles. The number of carbonyl (C=O) groups excluding carboxylic acids is 1. The third kappa shape index (κ3) is 3.65. The first-order valence-corrected chi connectivity index (χ1v) is 11.4. The van der Waals surface area contributed by atoms with Crippen molar-refractivity contribution in [2.45, 2.75) is 18.2 Å². The number of sulfonamides is 1. The molecule has 0 aliphatic carbocycles. The summed E-state index contributed by atoms with van der Waals surface area (Å²) < 4.78 is 43.1. The lowest BCUT2D eigenvalue weighted by molar-refractivity contribution is 0.0651. The maximum Gasteiger partial charge on any atom is 0.265 e. The molecular formula is C19H16ClFN2O4S2. The van der Waals surface area contributed by atoms with Crippen LogP contribution in [0.2, 0.25) is 5.02 Å². The molecule has 10 heteroatoms. The molecule has 6 nitrogen and oxygen atoms in total. The fourth-order valence-corrected chi connectivity index (χ4v) is 5.49. The van der Waals surface area contributed by atoms with E-state index in [1.807, 2.05) is 13.0 Å². The van der Waals surface area contributed by atoms with Crippen LogP contribution in [0, 0.1) is 12.7 Å². The third-order valence-electron chi connectivity index (χ3n) is 4.68. The van der Waals surface area contributed by atoms with Gasteiger partial charge < -0.3 is 10.0 Å². The van der Waals surface area contributed by atoms with Crippen LogP contribution in [0.5, 0.6) is 5.75 Å². The number of anilines is 1. The van der Waals surface area contributed by atoms with Crippen molar-refractivity contribution in [2.75, 3.05) is 17.8 Å². The van der Waals surface area contributed by atoms with Crippen LogP contribution >= 0.6 is 22.9 Å². The Hall–Kier alpha value is -2.36. The Balaban J connectivity index is 1.74. The van der Waals surface area contributed by atoms with E-state index in [2.05, 4.69) is 4.72 Å². The van der Waals surface area contributed by atoms with Gasteiger partial charge in [-0.15, -0.1) is 11.3 Å². The topological polar surface area (TPSA) is 86.7 Å². The van der Waals surface area contributed by atoms with E-state index in [1.165, 1.54) is 29.5 Å². The molecule has 0 bridgehead atoms. The second kappa shape index (κ2) is 7.16. The van der Waals surface area contributed by atoms with E-state index in [4.69, 9.17) is 11.6 Å². The summed E-state index contributed by atoms with van der Waals surface area (Å²) in [5, 5.41) is 10.6. The summed E-state index contributed by atoms with van der Waals surface area (Å²) in [6, 6.07) is 6.73. The number of aryl methyl sites for hydroxylation is 1. The summed E-state index contributed by atoms with van der Waals surface area (Å²) in [7, 11) is -4.41. The molecule has 0 radical (unpaired) electrons. The number of rotatable bonds is 4. The van der Waals surface area contributed by atoms with Crippen molar-refractivity contribution < 1.29 is 22.7 Å². The number of benzene rings is 2. The SMILES string of the molecule is Cc1cc2cc(NS(=O)(=O)c3cc(C(=O)N4CCC4)cc(Cl)c3O)c(F)cc2s1. The van der Waals surface area contributed by atoms with E-state index < -0.39 is 26.5 Å². The number of phenols is 1. The van der Waals surface area contributed by atoms with E-state index in [9.17, 15) is 22.7 Å². The van der Waals surface area contributed by atoms with E-state index in [1.54, 1.807) is 4.90 Å². The van der Waals surface area contributed by atoms with Gasteiger partial charge in [-0.25, -0.2) is 12.8 Å². The van der Waals surface area contributed by atoms with Crippen molar-refractivity contribution in [3.63, 3.8) is 0 Å². The molecule has 2 N–H and O–H groups in total. The lowest BCUT2D eigenvalue weighted by Gasteiger charge is -2.31. The standard InChI is InChI=1S/C19H16ClFN2O4S2/c1-10-5-11-7-15(14(21)9-16(11)28-10)22-29(26,27)17-8-12(6-13(20)18(17)24)19(25)23-3-2-4-23/h5-9,22,24H,2-4H2,1H3. The highest BCUT2D eigenvalue weighted by Crippen LogP contribution is 2.36. The summed E-state index contributed by atoms with van der Waals surface area (Å²) in [4.78, 5) is 14.4. The number of nitrogens with one attached hydrogen (secondary N) is 1. The molecule has 29 heavy (non-hydrogen) atoms. The fourth-order valence-electron chi connectivity index (χ4n) is 3.08. The minimum absolute atomic E-state index is 0.0391. The van der Waals surface area contributed by atoms with Gasteiger partial charge in [-0.05, 0) is 49.1 Å². The lowest BCUT2D eigenvalue weighted by atomic mass is 10.1. The number of thiophene rings is 1. The Kier molecular flexibility index (Phi) is 4.92. The first-order valence-electron chi connectivity index (χ1n) is 8.70. The number of fused-ring (bicyclic) bond motifs is 1. The quantitative estimate of drug-likeness (QED) is 0.613. The minimum Gasteiger partial charge on any atom is -0.505 e. The van der Waals surface area contributed by atoms with Crippen LogP contribution in [-0.4, -0.2) is 37.4 Å². The number of aromatic hydroxyl groups is 1. The number of nitrogens with zero attached hydrogens (tertiary/aromatic N) is 1. The Morgan fingerprint density at radius 2 is 1.97 bits per heavy atom. The zero-order valence-electron chi connectivity index (χ0n) is 15.2. The summed E-state index contributed by atoms with van der Waals surface area (Å²) >= 11 is 7.36. The van der Waals surface area contributed by atoms with E-state index in [-0.39, 0.29) is 22.2 Å². The number of hydrogen-bond acceptors (Lipinski definition) is 5. The Morgan fingerprint density at radius 1 is 1.24 bits per heavy atom. The number of likely N-dealkylation sites (tertiary alicyclic amines) is 1. The van der Waals surface area contributed by atoms with Gasteiger partial charge in [-0.1, -0.05) is 11.6 Å². The van der Waals surface area contributed by atoms with Gasteiger partial charge in [-0.3, -0.25) is 9.52 Å². The van der Waals surface area contributed by atoms with Gasteiger partial charge in [0.15, 0.2) is 5.75 Å². The average Bonchev–Trinajstić information content (AvgIpc) is 2.94. The van der Waals surface area contributed by atoms with Crippen molar-refractivity contribution in [3.05, 3.63) is 51.6 Å². The van der Waals surface area contributed by atoms with Gasteiger partial charge in [0.1, 0.15) is 10.7 Å². The first-order chi connectivity index (χ1) is 13.7. The van der Waals surface area contributed by atoms with E-state index in [0.717, 1.165) is 17.4 Å². The molecule has 2 heterocycles. The molecule has 1 amide bonds. The Bertz CT molecular complexity index is 1250. The summed E-state index contributed by atoms with van der Waals surface area (Å²) in [5.41, 5.74) is -0.220. The highest BCUT2D eigenvalue weighted by Gasteiger charge is 2.28. The van der Waals surface area contributed by atoms with Crippen LogP contribution in [0.3, 0.4) is 0 Å². The van der Waals surface area contributed by atoms with Gasteiger partial charge >= 0.3 is 0 Å². The van der Waals surface area contributed by atoms with E-state index >= 15 is 0 Å². The maximum atomic E-state index is 14.5. The predicted molar refractivity (Wildman–Crippen MR) is 111 cm³/mol. The molecule has 1 fully saturated rings. The van der Waals surface area contributed by atoms with Crippen molar-refractivity contribution in [1.29, 1.82) is 0 Å². The van der Waals surface area contributed by atoms with Crippen molar-refractivity contribution >= 4 is 54.6 Å². The summed E-state index contributed by atoms with van der Waals surface area (Å²) in [6.07, 6.45) is 0.869. The average molecular weight is 455 g/mol. The molecule has 4 rings (SSSR count). The Labute approximate surface area is 175 Å². The Morgan fingerprint density at radius 3 is 2.62 bits per heavy atom. The number of halogens is 2. The lowest BCUT2D eigenvalue weighted by Crippen LogP contribution is -2.42. The van der Waals surface area contributed by atoms with Crippen molar-refractivity contribution in [2.24, 2.45) is 0 Å². The molecule has 3 aromatic rings. The minimum atomic E-state index is -4.41. The van der Waals surface area contributed by atoms with Crippen LogP contribution in [0.15, 0.2) is 35.2 Å². The molecule has 1 aliphatic rings. The van der Waals surface area contributed by atoms with Crippen LogP contribution in [0.25, 0.3) is 10.1 Å². The van der Waals surface area contributed by atoms with Gasteiger partial charge in [0.25, 0.3) is 15.9 Å². The number of phenolic OH excluding ortho intramolecular Hbond substituents is 1. The van der Waals surface area contributed by atoms with Crippen molar-refractivity contribution in [3.8, 4) is 5.75 Å². The molecule has 0 atom stereocenters. The van der Waals surface area contributed by atoms with Crippen molar-refractivity contribution in [1.82, 2.24) is 4.90 Å². The number of carbonyl (C=O) groups is 1. The monoisotopic (exact) mass is 454 g/mol. The third-order valence-corrected chi connectivity index (χ3v) is 7.36. The molecular weight excluding hydrogens is 439 g/mol.